The van der Waals surface area contributed by atoms with Crippen LogP contribution in [0.1, 0.15) is 52.9 Å². The molecule has 0 saturated heterocycles. The zero-order chi connectivity index (χ0) is 24.5. The SMILES string of the molecule is Cc1cc(C#CC(C)(C)O)cc(C(=O)N[C@@H](c2cc3ccccc3[nH]2)c2cc(F)ccc2O)n1. The summed E-state index contributed by atoms with van der Waals surface area (Å²) >= 11 is 0. The number of aryl methyl sites for hydroxylation is 1. The molecule has 1 amide bonds. The number of aromatic hydroxyl groups is 1. The molecule has 0 aliphatic rings. The Morgan fingerprint density at radius 1 is 1.15 bits per heavy atom. The Bertz CT molecular complexity index is 1410. The van der Waals surface area contributed by atoms with Crippen LogP contribution in [0.2, 0.25) is 0 Å². The maximum atomic E-state index is 14.1. The summed E-state index contributed by atoms with van der Waals surface area (Å²) in [6, 6.07) is 15.4. The Balaban J connectivity index is 1.75. The second kappa shape index (κ2) is 9.00. The van der Waals surface area contributed by atoms with Gasteiger partial charge in [-0.2, -0.15) is 0 Å². The van der Waals surface area contributed by atoms with E-state index in [1.54, 1.807) is 26.8 Å². The number of para-hydroxylation sites is 1. The van der Waals surface area contributed by atoms with Gasteiger partial charge in [0.05, 0.1) is 6.04 Å². The lowest BCUT2D eigenvalue weighted by molar-refractivity contribution is 0.0936. The molecule has 4 N–H and O–H groups in total. The highest BCUT2D eigenvalue weighted by Gasteiger charge is 2.24. The number of carbonyl (C=O) groups is 1. The number of phenolic OH excluding ortho intramolecular Hbond substituents is 1. The number of amides is 1. The number of hydrogen-bond donors (Lipinski definition) is 4. The molecule has 4 rings (SSSR count). The molecule has 2 heterocycles. The van der Waals surface area contributed by atoms with E-state index in [0.29, 0.717) is 17.0 Å². The predicted octanol–water partition coefficient (Wildman–Crippen LogP) is 4.36. The lowest BCUT2D eigenvalue weighted by Crippen LogP contribution is -2.30. The lowest BCUT2D eigenvalue weighted by atomic mass is 10.0. The quantitative estimate of drug-likeness (QED) is 0.342. The van der Waals surface area contributed by atoms with E-state index in [0.717, 1.165) is 17.0 Å². The Hall–Kier alpha value is -4.15. The molecule has 6 nitrogen and oxygen atoms in total. The van der Waals surface area contributed by atoms with E-state index in [1.807, 2.05) is 30.3 Å². The average molecular weight is 458 g/mol. The summed E-state index contributed by atoms with van der Waals surface area (Å²) in [6.07, 6.45) is 0. The fraction of sp³-hybridized carbons (Fsp3) is 0.185. The number of pyridine rings is 1. The monoisotopic (exact) mass is 457 g/mol. The molecule has 0 unspecified atom stereocenters. The van der Waals surface area contributed by atoms with Crippen molar-refractivity contribution in [3.05, 3.63) is 94.7 Å². The number of aromatic amines is 1. The molecule has 0 saturated carbocycles. The van der Waals surface area contributed by atoms with Crippen molar-refractivity contribution < 1.29 is 19.4 Å². The molecule has 7 heteroatoms. The van der Waals surface area contributed by atoms with Crippen LogP contribution in [0.5, 0.6) is 5.75 Å². The minimum atomic E-state index is -1.19. The van der Waals surface area contributed by atoms with Crippen LogP contribution in [0.4, 0.5) is 4.39 Å². The molecule has 0 radical (unpaired) electrons. The Labute approximate surface area is 196 Å². The van der Waals surface area contributed by atoms with Gasteiger partial charge in [-0.1, -0.05) is 30.0 Å². The first-order valence-corrected chi connectivity index (χ1v) is 10.7. The van der Waals surface area contributed by atoms with Crippen molar-refractivity contribution in [2.24, 2.45) is 0 Å². The topological polar surface area (TPSA) is 98.2 Å². The largest absolute Gasteiger partial charge is 0.508 e. The fourth-order valence-corrected chi connectivity index (χ4v) is 3.62. The second-order valence-electron chi connectivity index (χ2n) is 8.61. The molecule has 34 heavy (non-hydrogen) atoms. The summed E-state index contributed by atoms with van der Waals surface area (Å²) in [5.41, 5.74) is 1.64. The number of phenols is 1. The molecule has 172 valence electrons. The summed E-state index contributed by atoms with van der Waals surface area (Å²) in [5, 5.41) is 24.1. The van der Waals surface area contributed by atoms with Crippen molar-refractivity contribution >= 4 is 16.8 Å². The number of benzene rings is 2. The average Bonchev–Trinajstić information content (AvgIpc) is 3.21. The van der Waals surface area contributed by atoms with Gasteiger partial charge in [0.2, 0.25) is 0 Å². The first-order valence-electron chi connectivity index (χ1n) is 10.7. The summed E-state index contributed by atoms with van der Waals surface area (Å²) < 4.78 is 14.1. The molecule has 0 bridgehead atoms. The number of hydrogen-bond acceptors (Lipinski definition) is 4. The number of nitrogens with zero attached hydrogens (tertiary/aromatic N) is 1. The normalized spacial score (nSPS) is 12.1. The third-order valence-corrected chi connectivity index (χ3v) is 5.14. The highest BCUT2D eigenvalue weighted by atomic mass is 19.1. The molecule has 4 aromatic rings. The molecular weight excluding hydrogens is 433 g/mol. The standard InChI is InChI=1S/C27H24FN3O3/c1-16-12-17(10-11-27(2,3)34)13-23(29-16)26(33)31-25(20-15-19(28)8-9-24(20)32)22-14-18-6-4-5-7-21(18)30-22/h4-9,12-15,25,30,32,34H,1-3H3,(H,31,33)/t25-/m1/s1. The summed E-state index contributed by atoms with van der Waals surface area (Å²) in [4.78, 5) is 20.8. The van der Waals surface area contributed by atoms with E-state index in [2.05, 4.69) is 27.1 Å². The maximum absolute atomic E-state index is 14.1. The summed E-state index contributed by atoms with van der Waals surface area (Å²) in [7, 11) is 0. The van der Waals surface area contributed by atoms with Crippen molar-refractivity contribution in [3.8, 4) is 17.6 Å². The minimum absolute atomic E-state index is 0.108. The van der Waals surface area contributed by atoms with Crippen LogP contribution in [-0.4, -0.2) is 31.7 Å². The highest BCUT2D eigenvalue weighted by molar-refractivity contribution is 5.93. The van der Waals surface area contributed by atoms with E-state index >= 15 is 0 Å². The zero-order valence-corrected chi connectivity index (χ0v) is 19.0. The van der Waals surface area contributed by atoms with Crippen LogP contribution in [0, 0.1) is 24.6 Å². The molecule has 0 aliphatic heterocycles. The van der Waals surface area contributed by atoms with Gasteiger partial charge >= 0.3 is 0 Å². The van der Waals surface area contributed by atoms with Gasteiger partial charge in [0.15, 0.2) is 0 Å². The van der Waals surface area contributed by atoms with Crippen LogP contribution in [0.3, 0.4) is 0 Å². The Morgan fingerprint density at radius 3 is 2.65 bits per heavy atom. The van der Waals surface area contributed by atoms with Gasteiger partial charge in [0, 0.05) is 28.0 Å². The van der Waals surface area contributed by atoms with Crippen LogP contribution in [-0.2, 0) is 0 Å². The maximum Gasteiger partial charge on any atom is 0.270 e. The molecular formula is C27H24FN3O3. The zero-order valence-electron chi connectivity index (χ0n) is 19.0. The van der Waals surface area contributed by atoms with Gasteiger partial charge in [-0.05, 0) is 68.6 Å². The number of halogens is 1. The van der Waals surface area contributed by atoms with Gasteiger partial charge in [0.1, 0.15) is 22.9 Å². The number of aromatic nitrogens is 2. The van der Waals surface area contributed by atoms with Crippen molar-refractivity contribution in [1.82, 2.24) is 15.3 Å². The first-order chi connectivity index (χ1) is 16.1. The van der Waals surface area contributed by atoms with E-state index in [1.165, 1.54) is 18.2 Å². The number of carbonyl (C=O) groups excluding carboxylic acids is 1. The van der Waals surface area contributed by atoms with E-state index < -0.39 is 23.4 Å². The number of rotatable bonds is 4. The van der Waals surface area contributed by atoms with Gasteiger partial charge in [0.25, 0.3) is 5.91 Å². The second-order valence-corrected chi connectivity index (χ2v) is 8.61. The summed E-state index contributed by atoms with van der Waals surface area (Å²) in [5.74, 6) is 4.36. The smallest absolute Gasteiger partial charge is 0.270 e. The van der Waals surface area contributed by atoms with E-state index in [-0.39, 0.29) is 17.0 Å². The van der Waals surface area contributed by atoms with Crippen LogP contribution in [0.15, 0.2) is 60.7 Å². The van der Waals surface area contributed by atoms with Crippen molar-refractivity contribution in [1.29, 1.82) is 0 Å². The Morgan fingerprint density at radius 2 is 1.91 bits per heavy atom. The van der Waals surface area contributed by atoms with Gasteiger partial charge in [-0.25, -0.2) is 9.37 Å². The van der Waals surface area contributed by atoms with Crippen molar-refractivity contribution in [3.63, 3.8) is 0 Å². The highest BCUT2D eigenvalue weighted by Crippen LogP contribution is 2.31. The van der Waals surface area contributed by atoms with Crippen LogP contribution < -0.4 is 5.32 Å². The van der Waals surface area contributed by atoms with Gasteiger partial charge in [-0.3, -0.25) is 4.79 Å². The number of fused-ring (bicyclic) bond motifs is 1. The Kier molecular flexibility index (Phi) is 6.10. The molecule has 0 spiro atoms. The number of nitrogens with one attached hydrogen (secondary N) is 2. The van der Waals surface area contributed by atoms with Crippen LogP contribution in [0.25, 0.3) is 10.9 Å². The number of H-pyrrole nitrogens is 1. The molecule has 0 aliphatic carbocycles. The third kappa shape index (κ3) is 5.25. The third-order valence-electron chi connectivity index (χ3n) is 5.14. The van der Waals surface area contributed by atoms with Crippen LogP contribution >= 0.6 is 0 Å². The minimum Gasteiger partial charge on any atom is -0.508 e. The molecule has 1 atom stereocenters. The summed E-state index contributed by atoms with van der Waals surface area (Å²) in [6.45, 7) is 4.87. The van der Waals surface area contributed by atoms with Gasteiger partial charge < -0.3 is 20.5 Å². The van der Waals surface area contributed by atoms with Crippen molar-refractivity contribution in [2.75, 3.05) is 0 Å². The van der Waals surface area contributed by atoms with E-state index in [4.69, 9.17) is 0 Å². The molecule has 2 aromatic carbocycles. The first kappa shape index (κ1) is 23.0. The fourth-order valence-electron chi connectivity index (χ4n) is 3.62. The molecule has 0 fully saturated rings. The number of aliphatic hydroxyl groups is 1. The van der Waals surface area contributed by atoms with E-state index in [9.17, 15) is 19.4 Å². The predicted molar refractivity (Wildman–Crippen MR) is 128 cm³/mol. The lowest BCUT2D eigenvalue weighted by Gasteiger charge is -2.19. The van der Waals surface area contributed by atoms with Gasteiger partial charge in [-0.15, -0.1) is 0 Å². The molecule has 2 aromatic heterocycles. The van der Waals surface area contributed by atoms with Crippen molar-refractivity contribution in [2.45, 2.75) is 32.4 Å².